The van der Waals surface area contributed by atoms with Crippen molar-refractivity contribution in [2.24, 2.45) is 7.05 Å². The number of nitrogens with zero attached hydrogens (tertiary/aromatic N) is 5. The fraction of sp³-hybridized carbons (Fsp3) is 0.286. The molecule has 0 radical (unpaired) electrons. The Labute approximate surface area is 107 Å². The normalized spacial score (nSPS) is 14.3. The van der Waals surface area contributed by atoms with E-state index in [-0.39, 0.29) is 16.6 Å². The lowest BCUT2D eigenvalue weighted by Crippen LogP contribution is -2.13. The summed E-state index contributed by atoms with van der Waals surface area (Å²) >= 11 is -1.50. The average Bonchev–Trinajstić information content (AvgIpc) is 2.90. The highest BCUT2D eigenvalue weighted by Crippen LogP contribution is 2.28. The van der Waals surface area contributed by atoms with Crippen molar-refractivity contribution >= 4 is 28.2 Å². The van der Waals surface area contributed by atoms with E-state index in [1.54, 1.807) is 0 Å². The van der Waals surface area contributed by atoms with Crippen LogP contribution in [0.25, 0.3) is 0 Å². The molecule has 0 aliphatic rings. The van der Waals surface area contributed by atoms with E-state index in [0.29, 0.717) is 0 Å². The molecule has 2 aromatic heterocycles. The Morgan fingerprint density at radius 1 is 1.61 bits per heavy atom. The molecule has 0 saturated heterocycles. The van der Waals surface area contributed by atoms with Crippen molar-refractivity contribution in [3.05, 3.63) is 32.7 Å². The topological polar surface area (TPSA) is 127 Å². The number of aromatic nitrogens is 4. The second kappa shape index (κ2) is 4.88. The lowest BCUT2D eigenvalue weighted by atomic mass is 10.4. The summed E-state index contributed by atoms with van der Waals surface area (Å²) in [5.74, 6) is -0.253. The minimum atomic E-state index is -2.54. The van der Waals surface area contributed by atoms with Gasteiger partial charge in [-0.25, -0.2) is 9.55 Å². The van der Waals surface area contributed by atoms with Gasteiger partial charge in [-0.3, -0.25) is 4.21 Å². The van der Waals surface area contributed by atoms with Crippen molar-refractivity contribution in [2.45, 2.75) is 5.25 Å². The smallest absolute Gasteiger partial charge is 0.342 e. The fourth-order valence-corrected chi connectivity index (χ4v) is 2.93. The Morgan fingerprint density at radius 3 is 2.78 bits per heavy atom. The van der Waals surface area contributed by atoms with Gasteiger partial charge in [-0.2, -0.15) is 0 Å². The predicted octanol–water partition coefficient (Wildman–Crippen LogP) is 0.148. The standard InChI is InChI=1S/C7H7N5O4S2/c1-11-4(12(13)14)2-8-6(11)5(18(15)16)7-10-9-3-17-7/h2-3,5H,1H3,(H,15,16)/p-1. The molecule has 18 heavy (non-hydrogen) atoms. The monoisotopic (exact) mass is 288 g/mol. The maximum absolute atomic E-state index is 11.2. The lowest BCUT2D eigenvalue weighted by molar-refractivity contribution is -0.391. The zero-order valence-corrected chi connectivity index (χ0v) is 10.6. The Morgan fingerprint density at radius 2 is 2.33 bits per heavy atom. The SMILES string of the molecule is Cn1c([N+](=O)[O-])cnc1C(c1nncs1)S(=O)[O-]. The van der Waals surface area contributed by atoms with Gasteiger partial charge in [0.25, 0.3) is 0 Å². The molecule has 9 nitrogen and oxygen atoms in total. The molecular weight excluding hydrogens is 282 g/mol. The number of hydrogen-bond acceptors (Lipinski definition) is 8. The summed E-state index contributed by atoms with van der Waals surface area (Å²) in [6, 6.07) is 0. The number of nitro groups is 1. The van der Waals surface area contributed by atoms with Gasteiger partial charge in [0.2, 0.25) is 5.82 Å². The Kier molecular flexibility index (Phi) is 3.45. The third kappa shape index (κ3) is 2.14. The van der Waals surface area contributed by atoms with Gasteiger partial charge >= 0.3 is 5.82 Å². The summed E-state index contributed by atoms with van der Waals surface area (Å²) in [7, 11) is 1.38. The summed E-state index contributed by atoms with van der Waals surface area (Å²) in [6.07, 6.45) is 1.01. The maximum Gasteiger partial charge on any atom is 0.342 e. The minimum absolute atomic E-state index is 0.0341. The first-order valence-corrected chi connectivity index (χ1v) is 6.54. The molecule has 0 aliphatic carbocycles. The molecule has 2 rings (SSSR count). The van der Waals surface area contributed by atoms with E-state index in [0.717, 1.165) is 22.1 Å². The van der Waals surface area contributed by atoms with Crippen LogP contribution in [-0.4, -0.2) is 33.4 Å². The van der Waals surface area contributed by atoms with E-state index in [1.807, 2.05) is 0 Å². The Bertz CT molecular complexity index is 595. The number of hydrogen-bond donors (Lipinski definition) is 0. The molecule has 0 spiro atoms. The molecule has 0 bridgehead atoms. The van der Waals surface area contributed by atoms with Crippen LogP contribution in [0.15, 0.2) is 11.7 Å². The van der Waals surface area contributed by atoms with E-state index in [4.69, 9.17) is 0 Å². The van der Waals surface area contributed by atoms with Crippen LogP contribution in [0.2, 0.25) is 0 Å². The maximum atomic E-state index is 11.2. The van der Waals surface area contributed by atoms with Gasteiger partial charge in [-0.1, -0.05) is 0 Å². The fourth-order valence-electron chi connectivity index (χ4n) is 1.40. The van der Waals surface area contributed by atoms with Crippen molar-refractivity contribution in [1.29, 1.82) is 0 Å². The Balaban J connectivity index is 2.51. The van der Waals surface area contributed by atoms with Crippen LogP contribution in [0, 0.1) is 10.1 Å². The molecular formula is C7H6N5O4S2-. The molecule has 0 N–H and O–H groups in total. The molecule has 0 aliphatic heterocycles. The van der Waals surface area contributed by atoms with E-state index in [2.05, 4.69) is 15.2 Å². The molecule has 2 atom stereocenters. The van der Waals surface area contributed by atoms with E-state index >= 15 is 0 Å². The zero-order chi connectivity index (χ0) is 13.3. The first kappa shape index (κ1) is 12.7. The summed E-state index contributed by atoms with van der Waals surface area (Å²) < 4.78 is 23.6. The van der Waals surface area contributed by atoms with Crippen LogP contribution in [0.1, 0.15) is 16.1 Å². The number of rotatable bonds is 4. The molecule has 2 aromatic rings. The Hall–Kier alpha value is -1.72. The molecule has 0 saturated carbocycles. The quantitative estimate of drug-likeness (QED) is 0.445. The predicted molar refractivity (Wildman–Crippen MR) is 60.5 cm³/mol. The van der Waals surface area contributed by atoms with Gasteiger partial charge in [-0.05, 0) is 16.0 Å². The van der Waals surface area contributed by atoms with Gasteiger partial charge in [0.15, 0.2) is 5.25 Å². The minimum Gasteiger partial charge on any atom is -0.771 e. The van der Waals surface area contributed by atoms with Crippen LogP contribution in [-0.2, 0) is 18.1 Å². The summed E-state index contributed by atoms with van der Waals surface area (Å²) in [5, 5.41) is 16.9. The van der Waals surface area contributed by atoms with E-state index < -0.39 is 21.3 Å². The van der Waals surface area contributed by atoms with Gasteiger partial charge in [0.05, 0.1) is 7.05 Å². The second-order valence-electron chi connectivity index (χ2n) is 3.21. The van der Waals surface area contributed by atoms with Crippen LogP contribution in [0.3, 0.4) is 0 Å². The first-order chi connectivity index (χ1) is 8.52. The second-order valence-corrected chi connectivity index (χ2v) is 5.07. The molecule has 0 amide bonds. The van der Waals surface area contributed by atoms with Crippen LogP contribution >= 0.6 is 11.3 Å². The van der Waals surface area contributed by atoms with Crippen molar-refractivity contribution in [3.63, 3.8) is 0 Å². The average molecular weight is 288 g/mol. The van der Waals surface area contributed by atoms with Crippen molar-refractivity contribution in [3.8, 4) is 0 Å². The van der Waals surface area contributed by atoms with Crippen LogP contribution < -0.4 is 0 Å². The van der Waals surface area contributed by atoms with Crippen molar-refractivity contribution < 1.29 is 13.7 Å². The molecule has 0 aromatic carbocycles. The molecule has 0 fully saturated rings. The van der Waals surface area contributed by atoms with Gasteiger partial charge in [0, 0.05) is 0 Å². The van der Waals surface area contributed by atoms with Gasteiger partial charge < -0.3 is 14.7 Å². The van der Waals surface area contributed by atoms with Crippen molar-refractivity contribution in [2.75, 3.05) is 0 Å². The highest BCUT2D eigenvalue weighted by atomic mass is 32.2. The van der Waals surface area contributed by atoms with Gasteiger partial charge in [-0.15, -0.1) is 21.5 Å². The van der Waals surface area contributed by atoms with E-state index in [1.165, 1.54) is 12.6 Å². The highest BCUT2D eigenvalue weighted by molar-refractivity contribution is 7.79. The molecule has 11 heteroatoms. The molecule has 96 valence electrons. The molecule has 2 heterocycles. The van der Waals surface area contributed by atoms with E-state index in [9.17, 15) is 18.9 Å². The van der Waals surface area contributed by atoms with Gasteiger partial charge in [0.1, 0.15) is 16.7 Å². The third-order valence-corrected chi connectivity index (χ3v) is 3.94. The van der Waals surface area contributed by atoms with Crippen LogP contribution in [0.5, 0.6) is 0 Å². The van der Waals surface area contributed by atoms with Crippen LogP contribution in [0.4, 0.5) is 5.82 Å². The highest BCUT2D eigenvalue weighted by Gasteiger charge is 2.29. The molecule has 2 unspecified atom stereocenters. The summed E-state index contributed by atoms with van der Waals surface area (Å²) in [6.45, 7) is 0. The summed E-state index contributed by atoms with van der Waals surface area (Å²) in [4.78, 5) is 13.8. The number of imidazole rings is 1. The lowest BCUT2D eigenvalue weighted by Gasteiger charge is -2.13. The zero-order valence-electron chi connectivity index (χ0n) is 8.92. The largest absolute Gasteiger partial charge is 0.771 e. The van der Waals surface area contributed by atoms with Crippen molar-refractivity contribution in [1.82, 2.24) is 19.7 Å². The first-order valence-electron chi connectivity index (χ1n) is 4.52. The summed E-state index contributed by atoms with van der Waals surface area (Å²) in [5.41, 5.74) is 1.38. The third-order valence-electron chi connectivity index (χ3n) is 2.21.